The molecule has 1 heterocycles. The molecule has 0 saturated heterocycles. The largest absolute Gasteiger partial charge is 0.489 e. The van der Waals surface area contributed by atoms with Crippen LogP contribution >= 0.6 is 11.6 Å². The lowest BCUT2D eigenvalue weighted by Gasteiger charge is -2.08. The molecule has 0 aliphatic carbocycles. The second-order valence-electron chi connectivity index (χ2n) is 5.92. The van der Waals surface area contributed by atoms with Crippen LogP contribution in [0.15, 0.2) is 54.7 Å². The van der Waals surface area contributed by atoms with Gasteiger partial charge >= 0.3 is 5.97 Å². The third kappa shape index (κ3) is 4.50. The third-order valence-corrected chi connectivity index (χ3v) is 4.25. The summed E-state index contributed by atoms with van der Waals surface area (Å²) in [6, 6.07) is 14.1. The van der Waals surface area contributed by atoms with Gasteiger partial charge in [-0.3, -0.25) is 9.48 Å². The number of benzene rings is 2. The zero-order chi connectivity index (χ0) is 20.1. The van der Waals surface area contributed by atoms with E-state index in [9.17, 15) is 9.59 Å². The molecule has 28 heavy (non-hydrogen) atoms. The molecule has 3 aromatic rings. The maximum absolute atomic E-state index is 12.5. The van der Waals surface area contributed by atoms with Crippen LogP contribution in [-0.4, -0.2) is 28.8 Å². The van der Waals surface area contributed by atoms with Crippen LogP contribution < -0.4 is 10.1 Å². The van der Waals surface area contributed by atoms with Crippen molar-refractivity contribution in [2.75, 3.05) is 12.4 Å². The van der Waals surface area contributed by atoms with E-state index in [1.165, 1.54) is 18.0 Å². The Morgan fingerprint density at radius 1 is 1.11 bits per heavy atom. The number of nitrogens with one attached hydrogen (secondary N) is 1. The van der Waals surface area contributed by atoms with Gasteiger partial charge in [0.2, 0.25) is 0 Å². The molecule has 2 aromatic carbocycles. The summed E-state index contributed by atoms with van der Waals surface area (Å²) in [5, 5.41) is 7.31. The molecule has 0 atom stereocenters. The van der Waals surface area contributed by atoms with Crippen molar-refractivity contribution < 1.29 is 19.1 Å². The molecular weight excluding hydrogens is 382 g/mol. The highest BCUT2D eigenvalue weighted by Gasteiger charge is 2.19. The maximum Gasteiger partial charge on any atom is 0.358 e. The summed E-state index contributed by atoms with van der Waals surface area (Å²) in [5.41, 5.74) is 1.80. The number of amides is 1. The van der Waals surface area contributed by atoms with Crippen molar-refractivity contribution in [3.8, 4) is 5.75 Å². The van der Waals surface area contributed by atoms with Crippen LogP contribution in [-0.2, 0) is 18.4 Å². The van der Waals surface area contributed by atoms with E-state index in [0.29, 0.717) is 22.9 Å². The number of carbonyl (C=O) groups excluding carboxylic acids is 2. The number of nitrogens with zero attached hydrogens (tertiary/aromatic N) is 2. The number of ether oxygens (including phenoxy) is 2. The molecule has 0 unspecified atom stereocenters. The zero-order valence-electron chi connectivity index (χ0n) is 15.3. The van der Waals surface area contributed by atoms with E-state index in [2.05, 4.69) is 10.4 Å². The highest BCUT2D eigenvalue weighted by atomic mass is 35.5. The molecule has 3 rings (SSSR count). The van der Waals surface area contributed by atoms with Crippen molar-refractivity contribution in [1.29, 1.82) is 0 Å². The first-order valence-corrected chi connectivity index (χ1v) is 8.74. The molecule has 1 N–H and O–H groups in total. The number of methoxy groups -OCH3 is 1. The van der Waals surface area contributed by atoms with Crippen LogP contribution in [0, 0.1) is 0 Å². The van der Waals surface area contributed by atoms with Crippen LogP contribution in [0.2, 0.25) is 5.02 Å². The first-order valence-electron chi connectivity index (χ1n) is 8.37. The fourth-order valence-electron chi connectivity index (χ4n) is 2.51. The molecule has 8 heteroatoms. The summed E-state index contributed by atoms with van der Waals surface area (Å²) >= 11 is 5.85. The van der Waals surface area contributed by atoms with Gasteiger partial charge in [-0.2, -0.15) is 5.10 Å². The van der Waals surface area contributed by atoms with Crippen molar-refractivity contribution in [3.05, 3.63) is 76.6 Å². The Hall–Kier alpha value is -3.32. The molecule has 1 aromatic heterocycles. The summed E-state index contributed by atoms with van der Waals surface area (Å²) in [7, 11) is 2.86. The molecule has 0 radical (unpaired) electrons. The van der Waals surface area contributed by atoms with Gasteiger partial charge in [0.05, 0.1) is 19.0 Å². The lowest BCUT2D eigenvalue weighted by Crippen LogP contribution is -2.16. The molecule has 7 nitrogen and oxygen atoms in total. The first-order chi connectivity index (χ1) is 13.5. The van der Waals surface area contributed by atoms with E-state index in [0.717, 1.165) is 5.56 Å². The quantitative estimate of drug-likeness (QED) is 0.639. The fourth-order valence-corrected chi connectivity index (χ4v) is 2.64. The summed E-state index contributed by atoms with van der Waals surface area (Å²) in [6.45, 7) is 0.360. The highest BCUT2D eigenvalue weighted by molar-refractivity contribution is 6.30. The molecule has 1 amide bonds. The lowest BCUT2D eigenvalue weighted by atomic mass is 10.1. The van der Waals surface area contributed by atoms with Crippen molar-refractivity contribution in [2.45, 2.75) is 6.61 Å². The van der Waals surface area contributed by atoms with Gasteiger partial charge in [-0.25, -0.2) is 4.79 Å². The van der Waals surface area contributed by atoms with Gasteiger partial charge in [-0.05, 0) is 42.0 Å². The van der Waals surface area contributed by atoms with Gasteiger partial charge in [0.1, 0.15) is 12.4 Å². The van der Waals surface area contributed by atoms with E-state index in [1.807, 2.05) is 0 Å². The predicted octanol–water partition coefficient (Wildman–Crippen LogP) is 3.69. The zero-order valence-corrected chi connectivity index (χ0v) is 16.1. The van der Waals surface area contributed by atoms with Crippen LogP contribution in [0.4, 0.5) is 5.69 Å². The average Bonchev–Trinajstić information content (AvgIpc) is 3.07. The summed E-state index contributed by atoms with van der Waals surface area (Å²) in [5.74, 6) is -0.230. The van der Waals surface area contributed by atoms with Crippen LogP contribution in [0.25, 0.3) is 0 Å². The fraction of sp³-hybridized carbons (Fsp3) is 0.150. The Kier molecular flexibility index (Phi) is 5.96. The van der Waals surface area contributed by atoms with Crippen LogP contribution in [0.3, 0.4) is 0 Å². The molecular formula is C20H18ClN3O4. The topological polar surface area (TPSA) is 82.4 Å². The number of anilines is 1. The third-order valence-electron chi connectivity index (χ3n) is 4.00. The number of halogens is 1. The van der Waals surface area contributed by atoms with Gasteiger partial charge < -0.3 is 14.8 Å². The number of esters is 1. The Balaban J connectivity index is 1.64. The second-order valence-corrected chi connectivity index (χ2v) is 6.35. The van der Waals surface area contributed by atoms with Crippen LogP contribution in [0.5, 0.6) is 5.75 Å². The monoisotopic (exact) mass is 399 g/mol. The molecule has 144 valence electrons. The lowest BCUT2D eigenvalue weighted by molar-refractivity contribution is 0.0589. The Labute approximate surface area is 166 Å². The van der Waals surface area contributed by atoms with Crippen molar-refractivity contribution in [3.63, 3.8) is 0 Å². The van der Waals surface area contributed by atoms with Crippen molar-refractivity contribution in [1.82, 2.24) is 9.78 Å². The summed E-state index contributed by atoms with van der Waals surface area (Å²) < 4.78 is 11.7. The Morgan fingerprint density at radius 2 is 1.79 bits per heavy atom. The number of rotatable bonds is 6. The van der Waals surface area contributed by atoms with E-state index in [1.54, 1.807) is 55.6 Å². The molecule has 0 spiro atoms. The average molecular weight is 400 g/mol. The minimum atomic E-state index is -0.579. The Morgan fingerprint density at radius 3 is 2.43 bits per heavy atom. The molecule has 0 saturated carbocycles. The Bertz CT molecular complexity index is 982. The van der Waals surface area contributed by atoms with Gasteiger partial charge in [0.15, 0.2) is 5.69 Å². The van der Waals surface area contributed by atoms with E-state index >= 15 is 0 Å². The van der Waals surface area contributed by atoms with Gasteiger partial charge in [0, 0.05) is 17.6 Å². The number of hydrogen-bond acceptors (Lipinski definition) is 5. The second kappa shape index (κ2) is 8.58. The number of carbonyl (C=O) groups is 2. The maximum atomic E-state index is 12.5. The number of hydrogen-bond donors (Lipinski definition) is 1. The molecule has 0 fully saturated rings. The van der Waals surface area contributed by atoms with E-state index in [-0.39, 0.29) is 17.3 Å². The number of aryl methyl sites for hydroxylation is 1. The number of aromatic nitrogens is 2. The van der Waals surface area contributed by atoms with Gasteiger partial charge in [-0.15, -0.1) is 0 Å². The SMILES string of the molecule is COC(=O)c1c(NC(=O)c2ccc(COc3ccc(Cl)cc3)cc2)cnn1C. The van der Waals surface area contributed by atoms with E-state index < -0.39 is 5.97 Å². The van der Waals surface area contributed by atoms with Crippen molar-refractivity contribution >= 4 is 29.2 Å². The van der Waals surface area contributed by atoms with E-state index in [4.69, 9.17) is 21.1 Å². The standard InChI is InChI=1S/C20H18ClN3O4/c1-24-18(20(26)27-2)17(11-22-24)23-19(25)14-5-3-13(4-6-14)12-28-16-9-7-15(21)8-10-16/h3-11H,12H2,1-2H3,(H,23,25). The molecule has 0 aliphatic heterocycles. The summed E-state index contributed by atoms with van der Waals surface area (Å²) in [4.78, 5) is 24.3. The van der Waals surface area contributed by atoms with Crippen molar-refractivity contribution in [2.24, 2.45) is 7.05 Å². The van der Waals surface area contributed by atoms with Gasteiger partial charge in [-0.1, -0.05) is 23.7 Å². The van der Waals surface area contributed by atoms with Crippen LogP contribution in [0.1, 0.15) is 26.4 Å². The molecule has 0 bridgehead atoms. The summed E-state index contributed by atoms with van der Waals surface area (Å²) in [6.07, 6.45) is 1.40. The minimum Gasteiger partial charge on any atom is -0.489 e. The van der Waals surface area contributed by atoms with Gasteiger partial charge in [0.25, 0.3) is 5.91 Å². The highest BCUT2D eigenvalue weighted by Crippen LogP contribution is 2.18. The normalized spacial score (nSPS) is 10.4. The molecule has 0 aliphatic rings. The smallest absolute Gasteiger partial charge is 0.358 e. The first kappa shape index (κ1) is 19.4. The minimum absolute atomic E-state index is 0.170. The predicted molar refractivity (Wildman–Crippen MR) is 105 cm³/mol.